The van der Waals surface area contributed by atoms with Crippen LogP contribution in [0.5, 0.6) is 0 Å². The Kier molecular flexibility index (Phi) is 6.35. The normalized spacial score (nSPS) is 15.4. The first kappa shape index (κ1) is 20.3. The Morgan fingerprint density at radius 2 is 2.00 bits per heavy atom. The lowest BCUT2D eigenvalue weighted by Gasteiger charge is -2.20. The molecule has 9 heteroatoms. The van der Waals surface area contributed by atoms with E-state index in [1.54, 1.807) is 18.2 Å². The minimum absolute atomic E-state index is 0.153. The highest BCUT2D eigenvalue weighted by Gasteiger charge is 2.30. The molecule has 28 heavy (non-hydrogen) atoms. The average molecular weight is 410 g/mol. The van der Waals surface area contributed by atoms with E-state index in [4.69, 9.17) is 22.4 Å². The van der Waals surface area contributed by atoms with Gasteiger partial charge in [-0.25, -0.2) is 5.01 Å². The Balaban J connectivity index is 1.67. The summed E-state index contributed by atoms with van der Waals surface area (Å²) in [5.41, 5.74) is 5.35. The summed E-state index contributed by atoms with van der Waals surface area (Å²) in [6, 6.07) is 8.23. The molecule has 0 amide bonds. The van der Waals surface area contributed by atoms with Gasteiger partial charge in [0.05, 0.1) is 18.3 Å². The van der Waals surface area contributed by atoms with Gasteiger partial charge in [0.1, 0.15) is 11.5 Å². The molecule has 1 saturated heterocycles. The lowest BCUT2D eigenvalue weighted by Crippen LogP contribution is -2.37. The smallest absolute Gasteiger partial charge is 0.416 e. The van der Waals surface area contributed by atoms with Crippen LogP contribution in [-0.2, 0) is 6.18 Å². The van der Waals surface area contributed by atoms with Gasteiger partial charge in [0.2, 0.25) is 0 Å². The maximum Gasteiger partial charge on any atom is 0.416 e. The number of benzene rings is 1. The molecule has 1 fully saturated rings. The molecule has 0 saturated carbocycles. The predicted molar refractivity (Wildman–Crippen MR) is 106 cm³/mol. The van der Waals surface area contributed by atoms with Crippen LogP contribution in [0.25, 0.3) is 11.3 Å². The lowest BCUT2D eigenvalue weighted by molar-refractivity contribution is -0.137. The molecule has 0 bridgehead atoms. The van der Waals surface area contributed by atoms with Crippen LogP contribution in [0.2, 0.25) is 0 Å². The second-order valence-corrected chi connectivity index (χ2v) is 6.95. The average Bonchev–Trinajstić information content (AvgIpc) is 3.32. The molecule has 1 aliphatic rings. The summed E-state index contributed by atoms with van der Waals surface area (Å²) >= 11 is 5.04. The summed E-state index contributed by atoms with van der Waals surface area (Å²) in [6.07, 6.45) is -0.554. The maximum atomic E-state index is 12.9. The van der Waals surface area contributed by atoms with E-state index >= 15 is 0 Å². The van der Waals surface area contributed by atoms with Gasteiger partial charge in [0.15, 0.2) is 5.11 Å². The largest absolute Gasteiger partial charge is 0.455 e. The number of nitrogens with two attached hydrogens (primary N) is 1. The first-order chi connectivity index (χ1) is 13.3. The Morgan fingerprint density at radius 3 is 2.68 bits per heavy atom. The minimum atomic E-state index is -4.40. The summed E-state index contributed by atoms with van der Waals surface area (Å²) in [4.78, 5) is 2.32. The first-order valence-electron chi connectivity index (χ1n) is 8.94. The highest BCUT2D eigenvalue weighted by molar-refractivity contribution is 7.80. The number of hydrazone groups is 1. The first-order valence-corrected chi connectivity index (χ1v) is 9.34. The zero-order valence-electron chi connectivity index (χ0n) is 15.2. The SMILES string of the molecule is NC(=S)N(CCN1CCCC1)/N=C/c1ccc(-c2cccc(C(F)(F)F)c2)o1. The fourth-order valence-corrected chi connectivity index (χ4v) is 3.16. The molecule has 0 unspecified atom stereocenters. The molecule has 150 valence electrons. The van der Waals surface area contributed by atoms with Crippen molar-refractivity contribution in [2.75, 3.05) is 26.2 Å². The van der Waals surface area contributed by atoms with E-state index in [2.05, 4.69) is 10.0 Å². The van der Waals surface area contributed by atoms with E-state index in [9.17, 15) is 13.2 Å². The van der Waals surface area contributed by atoms with Gasteiger partial charge in [-0.3, -0.25) is 0 Å². The Morgan fingerprint density at radius 1 is 1.25 bits per heavy atom. The highest BCUT2D eigenvalue weighted by atomic mass is 32.1. The maximum absolute atomic E-state index is 12.9. The van der Waals surface area contributed by atoms with Crippen molar-refractivity contribution < 1.29 is 17.6 Å². The minimum Gasteiger partial charge on any atom is -0.455 e. The molecule has 0 radical (unpaired) electrons. The van der Waals surface area contributed by atoms with Crippen LogP contribution in [0.3, 0.4) is 0 Å². The van der Waals surface area contributed by atoms with E-state index in [1.165, 1.54) is 30.1 Å². The molecule has 1 aromatic carbocycles. The van der Waals surface area contributed by atoms with Crippen LogP contribution in [0.15, 0.2) is 45.9 Å². The molecular formula is C19H21F3N4OS. The molecular weight excluding hydrogens is 389 g/mol. The summed E-state index contributed by atoms with van der Waals surface area (Å²) < 4.78 is 44.2. The van der Waals surface area contributed by atoms with Crippen LogP contribution in [0.1, 0.15) is 24.2 Å². The number of alkyl halides is 3. The molecule has 1 aliphatic heterocycles. The number of thiocarbonyl (C=S) groups is 1. The lowest BCUT2D eigenvalue weighted by atomic mass is 10.1. The topological polar surface area (TPSA) is 58.0 Å². The predicted octanol–water partition coefficient (Wildman–Crippen LogP) is 3.94. The summed E-state index contributed by atoms with van der Waals surface area (Å²) in [5, 5.41) is 5.93. The number of hydrogen-bond acceptors (Lipinski definition) is 4. The van der Waals surface area contributed by atoms with Gasteiger partial charge in [-0.1, -0.05) is 12.1 Å². The molecule has 2 heterocycles. The van der Waals surface area contributed by atoms with Crippen LogP contribution in [0.4, 0.5) is 13.2 Å². The van der Waals surface area contributed by atoms with Crippen molar-refractivity contribution in [1.29, 1.82) is 0 Å². The van der Waals surface area contributed by atoms with Crippen molar-refractivity contribution >= 4 is 23.5 Å². The molecule has 5 nitrogen and oxygen atoms in total. The Bertz CT molecular complexity index is 844. The number of rotatable bonds is 6. The zero-order chi connectivity index (χ0) is 20.1. The van der Waals surface area contributed by atoms with Crippen molar-refractivity contribution in [2.24, 2.45) is 10.8 Å². The number of hydrogen-bond donors (Lipinski definition) is 1. The molecule has 3 rings (SSSR count). The van der Waals surface area contributed by atoms with Crippen molar-refractivity contribution in [3.05, 3.63) is 47.7 Å². The van der Waals surface area contributed by atoms with E-state index < -0.39 is 11.7 Å². The molecule has 0 atom stereocenters. The van der Waals surface area contributed by atoms with Crippen molar-refractivity contribution in [3.63, 3.8) is 0 Å². The van der Waals surface area contributed by atoms with Crippen LogP contribution < -0.4 is 5.73 Å². The van der Waals surface area contributed by atoms with Crippen LogP contribution in [0, 0.1) is 0 Å². The Hall–Kier alpha value is -2.39. The third-order valence-corrected chi connectivity index (χ3v) is 4.72. The van der Waals surface area contributed by atoms with Crippen molar-refractivity contribution in [3.8, 4) is 11.3 Å². The Labute approximate surface area is 166 Å². The van der Waals surface area contributed by atoms with E-state index in [-0.39, 0.29) is 5.11 Å². The summed E-state index contributed by atoms with van der Waals surface area (Å²) in [5.74, 6) is 0.723. The summed E-state index contributed by atoms with van der Waals surface area (Å²) in [6.45, 7) is 3.50. The highest BCUT2D eigenvalue weighted by Crippen LogP contribution is 2.32. The zero-order valence-corrected chi connectivity index (χ0v) is 16.0. The van der Waals surface area contributed by atoms with Gasteiger partial charge in [-0.15, -0.1) is 0 Å². The quantitative estimate of drug-likeness (QED) is 0.444. The number of likely N-dealkylation sites (tertiary alicyclic amines) is 1. The van der Waals surface area contributed by atoms with Crippen molar-refractivity contribution in [1.82, 2.24) is 9.91 Å². The molecule has 0 aliphatic carbocycles. The third kappa shape index (κ3) is 5.32. The molecule has 0 spiro atoms. The fraction of sp³-hybridized carbons (Fsp3) is 0.368. The van der Waals surface area contributed by atoms with Gasteiger partial charge >= 0.3 is 6.18 Å². The fourth-order valence-electron chi connectivity index (χ4n) is 3.02. The van der Waals surface area contributed by atoms with Crippen LogP contribution in [-0.4, -0.2) is 47.4 Å². The van der Waals surface area contributed by atoms with Gasteiger partial charge < -0.3 is 15.1 Å². The van der Waals surface area contributed by atoms with Crippen molar-refractivity contribution in [2.45, 2.75) is 19.0 Å². The van der Waals surface area contributed by atoms with Gasteiger partial charge in [0.25, 0.3) is 0 Å². The molecule has 2 N–H and O–H groups in total. The molecule has 2 aromatic rings. The number of nitrogens with zero attached hydrogens (tertiary/aromatic N) is 3. The van der Waals surface area contributed by atoms with E-state index in [0.717, 1.165) is 31.8 Å². The van der Waals surface area contributed by atoms with Gasteiger partial charge in [0, 0.05) is 12.1 Å². The van der Waals surface area contributed by atoms with Crippen LogP contribution >= 0.6 is 12.2 Å². The monoisotopic (exact) mass is 410 g/mol. The molecule has 1 aromatic heterocycles. The van der Waals surface area contributed by atoms with Gasteiger partial charge in [-0.05, 0) is 62.4 Å². The third-order valence-electron chi connectivity index (χ3n) is 4.51. The summed E-state index contributed by atoms with van der Waals surface area (Å²) in [7, 11) is 0. The van der Waals surface area contributed by atoms with E-state index in [1.807, 2.05) is 0 Å². The van der Waals surface area contributed by atoms with Gasteiger partial charge in [-0.2, -0.15) is 18.3 Å². The number of halogens is 3. The second-order valence-electron chi connectivity index (χ2n) is 6.54. The standard InChI is InChI=1S/C19H21F3N4OS/c20-19(21,22)15-5-3-4-14(12-15)17-7-6-16(27-17)13-24-26(18(23)28)11-10-25-8-1-2-9-25/h3-7,12-13H,1-2,8-11H2,(H2,23,28)/b24-13+. The van der Waals surface area contributed by atoms with E-state index in [0.29, 0.717) is 23.6 Å². The second kappa shape index (κ2) is 8.74. The number of furan rings is 1.